The molecule has 0 aromatic carbocycles. The van der Waals surface area contributed by atoms with E-state index in [0.29, 0.717) is 17.4 Å². The van der Waals surface area contributed by atoms with Gasteiger partial charge in [-0.15, -0.1) is 0 Å². The van der Waals surface area contributed by atoms with Crippen LogP contribution >= 0.6 is 7.82 Å². The van der Waals surface area contributed by atoms with Crippen LogP contribution in [-0.4, -0.2) is 73.4 Å². The topological polar surface area (TPSA) is 105 Å². The highest BCUT2D eigenvalue weighted by Gasteiger charge is 2.27. The minimum Gasteiger partial charge on any atom is -0.387 e. The van der Waals surface area contributed by atoms with Crippen LogP contribution in [0.4, 0.5) is 0 Å². The molecule has 0 aliphatic heterocycles. The molecule has 0 aliphatic rings. The van der Waals surface area contributed by atoms with E-state index in [4.69, 9.17) is 9.05 Å². The van der Waals surface area contributed by atoms with Gasteiger partial charge in [0.1, 0.15) is 13.2 Å². The van der Waals surface area contributed by atoms with E-state index in [9.17, 15) is 19.4 Å². The number of quaternary nitrogens is 1. The quantitative estimate of drug-likeness (QED) is 0.0258. The molecule has 3 atom stereocenters. The number of aliphatic hydroxyl groups excluding tert-OH is 1. The fraction of sp³-hybridized carbons (Fsp3) is 0.875. The number of unbranched alkanes of at least 4 members (excludes halogenated alkanes) is 21. The van der Waals surface area contributed by atoms with Gasteiger partial charge in [-0.1, -0.05) is 147 Å². The van der Waals surface area contributed by atoms with Crippen molar-refractivity contribution in [3.63, 3.8) is 0 Å². The Bertz CT molecular complexity index is 860. The number of hydrogen-bond donors (Lipinski definition) is 3. The number of phosphoric ester groups is 1. The predicted molar refractivity (Wildman–Crippen MR) is 208 cm³/mol. The maximum absolute atomic E-state index is 12.8. The maximum atomic E-state index is 12.8. The van der Waals surface area contributed by atoms with Gasteiger partial charge in [0.25, 0.3) is 0 Å². The van der Waals surface area contributed by atoms with E-state index in [1.165, 1.54) is 103 Å². The molecule has 0 rings (SSSR count). The highest BCUT2D eigenvalue weighted by Crippen LogP contribution is 2.43. The third-order valence-corrected chi connectivity index (χ3v) is 9.90. The largest absolute Gasteiger partial charge is 0.472 e. The SMILES string of the molecule is CCCCCCCC/C=C\CCCCCCCC(=O)NC(COP(=O)(O)OCC[N+](C)(C)C)C(O)/C=C/CCCCCCCCCCCC. The van der Waals surface area contributed by atoms with Gasteiger partial charge in [-0.2, -0.15) is 0 Å². The molecule has 0 spiro atoms. The van der Waals surface area contributed by atoms with Gasteiger partial charge in [0, 0.05) is 6.42 Å². The van der Waals surface area contributed by atoms with E-state index in [1.807, 2.05) is 27.2 Å². The minimum atomic E-state index is -4.33. The Morgan fingerprint density at radius 1 is 0.673 bits per heavy atom. The van der Waals surface area contributed by atoms with Crippen molar-refractivity contribution < 1.29 is 32.9 Å². The van der Waals surface area contributed by atoms with E-state index < -0.39 is 20.0 Å². The summed E-state index contributed by atoms with van der Waals surface area (Å²) in [6.07, 6.45) is 36.6. The van der Waals surface area contributed by atoms with Crippen LogP contribution < -0.4 is 5.32 Å². The van der Waals surface area contributed by atoms with Crippen molar-refractivity contribution in [2.24, 2.45) is 0 Å². The van der Waals surface area contributed by atoms with Crippen LogP contribution in [-0.2, 0) is 18.4 Å². The van der Waals surface area contributed by atoms with Gasteiger partial charge in [0.05, 0.1) is 39.9 Å². The third-order valence-electron chi connectivity index (χ3n) is 8.92. The number of nitrogens with zero attached hydrogens (tertiary/aromatic N) is 1. The number of hydrogen-bond acceptors (Lipinski definition) is 5. The van der Waals surface area contributed by atoms with Crippen LogP contribution in [0.1, 0.15) is 174 Å². The van der Waals surface area contributed by atoms with Crippen molar-refractivity contribution in [3.8, 4) is 0 Å². The first kappa shape index (κ1) is 48.0. The number of amides is 1. The van der Waals surface area contributed by atoms with Crippen molar-refractivity contribution in [1.82, 2.24) is 5.32 Å². The highest BCUT2D eigenvalue weighted by molar-refractivity contribution is 7.47. The molecule has 0 aliphatic carbocycles. The number of rotatable bonds is 36. The predicted octanol–water partition coefficient (Wildman–Crippen LogP) is 10.6. The van der Waals surface area contributed by atoms with E-state index >= 15 is 0 Å². The van der Waals surface area contributed by atoms with Gasteiger partial charge in [0.15, 0.2) is 0 Å². The normalized spacial score (nSPS) is 14.8. The summed E-state index contributed by atoms with van der Waals surface area (Å²) in [5, 5.41) is 13.7. The molecule has 49 heavy (non-hydrogen) atoms. The zero-order valence-corrected chi connectivity index (χ0v) is 33.6. The molecule has 9 heteroatoms. The molecular formula is C40H80N2O6P+. The lowest BCUT2D eigenvalue weighted by Gasteiger charge is -2.25. The van der Waals surface area contributed by atoms with E-state index in [-0.39, 0.29) is 19.1 Å². The monoisotopic (exact) mass is 716 g/mol. The highest BCUT2D eigenvalue weighted by atomic mass is 31.2. The second-order valence-electron chi connectivity index (χ2n) is 15.0. The number of carbonyl (C=O) groups is 1. The Kier molecular flexibility index (Phi) is 32.2. The molecular weight excluding hydrogens is 635 g/mol. The molecule has 0 saturated carbocycles. The summed E-state index contributed by atoms with van der Waals surface area (Å²) >= 11 is 0. The molecule has 3 N–H and O–H groups in total. The minimum absolute atomic E-state index is 0.0606. The van der Waals surface area contributed by atoms with Crippen molar-refractivity contribution in [1.29, 1.82) is 0 Å². The zero-order chi connectivity index (χ0) is 36.5. The Labute approximate surface area is 303 Å². The Morgan fingerprint density at radius 3 is 1.57 bits per heavy atom. The summed E-state index contributed by atoms with van der Waals surface area (Å²) in [6.45, 7) is 4.78. The molecule has 3 unspecified atom stereocenters. The van der Waals surface area contributed by atoms with Gasteiger partial charge >= 0.3 is 7.82 Å². The van der Waals surface area contributed by atoms with Gasteiger partial charge in [-0.25, -0.2) is 4.57 Å². The Balaban J connectivity index is 4.51. The van der Waals surface area contributed by atoms with Crippen LogP contribution in [0.25, 0.3) is 0 Å². The molecule has 0 bridgehead atoms. The first-order valence-electron chi connectivity index (χ1n) is 20.2. The molecule has 8 nitrogen and oxygen atoms in total. The number of likely N-dealkylation sites (N-methyl/N-ethyl adjacent to an activating group) is 1. The van der Waals surface area contributed by atoms with Gasteiger partial charge in [-0.3, -0.25) is 13.8 Å². The number of carbonyl (C=O) groups excluding carboxylic acids is 1. The molecule has 0 radical (unpaired) electrons. The van der Waals surface area contributed by atoms with Crippen molar-refractivity contribution >= 4 is 13.7 Å². The van der Waals surface area contributed by atoms with Crippen molar-refractivity contribution in [2.75, 3.05) is 40.9 Å². The zero-order valence-electron chi connectivity index (χ0n) is 32.7. The molecule has 0 heterocycles. The van der Waals surface area contributed by atoms with Gasteiger partial charge in [-0.05, 0) is 44.9 Å². The van der Waals surface area contributed by atoms with Crippen LogP contribution in [0.15, 0.2) is 24.3 Å². The van der Waals surface area contributed by atoms with E-state index in [0.717, 1.165) is 51.4 Å². The standard InChI is InChI=1S/C40H79N2O6P/c1-6-8-10-12-14-16-18-20-21-22-24-26-28-30-32-34-40(44)41-38(37-48-49(45,46)47-36-35-42(3,4)5)39(43)33-31-29-27-25-23-19-17-15-13-11-9-7-2/h20-21,31,33,38-39,43H,6-19,22-30,32,34-37H2,1-5H3,(H-,41,44,45,46)/p+1/b21-20-,33-31+. The first-order valence-corrected chi connectivity index (χ1v) is 21.7. The lowest BCUT2D eigenvalue weighted by atomic mass is 10.1. The second-order valence-corrected chi connectivity index (χ2v) is 16.5. The number of phosphoric acid groups is 1. The maximum Gasteiger partial charge on any atom is 0.472 e. The molecule has 0 fully saturated rings. The van der Waals surface area contributed by atoms with Crippen LogP contribution in [0.2, 0.25) is 0 Å². The average molecular weight is 716 g/mol. The van der Waals surface area contributed by atoms with E-state index in [2.05, 4.69) is 31.3 Å². The smallest absolute Gasteiger partial charge is 0.387 e. The summed E-state index contributed by atoms with van der Waals surface area (Å²) < 4.78 is 23.5. The molecule has 0 saturated heterocycles. The molecule has 290 valence electrons. The summed E-state index contributed by atoms with van der Waals surface area (Å²) in [6, 6.07) is -0.845. The Hall–Kier alpha value is -1.02. The lowest BCUT2D eigenvalue weighted by molar-refractivity contribution is -0.870. The molecule has 1 amide bonds. The van der Waals surface area contributed by atoms with Gasteiger partial charge < -0.3 is 19.8 Å². The summed E-state index contributed by atoms with van der Waals surface area (Å²) in [7, 11) is 1.57. The molecule has 0 aromatic rings. The van der Waals surface area contributed by atoms with Crippen molar-refractivity contribution in [3.05, 3.63) is 24.3 Å². The van der Waals surface area contributed by atoms with Crippen LogP contribution in [0, 0.1) is 0 Å². The van der Waals surface area contributed by atoms with Crippen molar-refractivity contribution in [2.45, 2.75) is 187 Å². The van der Waals surface area contributed by atoms with Crippen LogP contribution in [0.5, 0.6) is 0 Å². The lowest BCUT2D eigenvalue weighted by Crippen LogP contribution is -2.45. The number of aliphatic hydroxyl groups is 1. The van der Waals surface area contributed by atoms with Crippen LogP contribution in [0.3, 0.4) is 0 Å². The van der Waals surface area contributed by atoms with Gasteiger partial charge in [0.2, 0.25) is 5.91 Å². The fourth-order valence-corrected chi connectivity index (χ4v) is 6.36. The third kappa shape index (κ3) is 35.2. The average Bonchev–Trinajstić information content (AvgIpc) is 3.04. The number of allylic oxidation sites excluding steroid dienone is 3. The Morgan fingerprint density at radius 2 is 1.10 bits per heavy atom. The van der Waals surface area contributed by atoms with E-state index in [1.54, 1.807) is 6.08 Å². The molecule has 0 aromatic heterocycles. The fourth-order valence-electron chi connectivity index (χ4n) is 5.62. The summed E-state index contributed by atoms with van der Waals surface area (Å²) in [5.74, 6) is -0.188. The summed E-state index contributed by atoms with van der Waals surface area (Å²) in [4.78, 5) is 23.0. The number of nitrogens with one attached hydrogen (secondary N) is 1. The second kappa shape index (κ2) is 32.9. The summed E-state index contributed by atoms with van der Waals surface area (Å²) in [5.41, 5.74) is 0. The first-order chi connectivity index (χ1) is 23.5.